The third-order valence-electron chi connectivity index (χ3n) is 5.90. The van der Waals surface area contributed by atoms with Crippen LogP contribution in [0.2, 0.25) is 0 Å². The number of carbonyl (C=O) groups excluding carboxylic acids is 1. The summed E-state index contributed by atoms with van der Waals surface area (Å²) in [4.78, 5) is 14.9. The van der Waals surface area contributed by atoms with Crippen LogP contribution in [-0.2, 0) is 9.53 Å². The van der Waals surface area contributed by atoms with Gasteiger partial charge in [0.1, 0.15) is 0 Å². The highest BCUT2D eigenvalue weighted by Crippen LogP contribution is 2.45. The Morgan fingerprint density at radius 1 is 1.25 bits per heavy atom. The Kier molecular flexibility index (Phi) is 3.80. The molecule has 4 heteroatoms. The number of piperidine rings is 1. The molecule has 4 nitrogen and oxygen atoms in total. The van der Waals surface area contributed by atoms with E-state index in [0.717, 1.165) is 58.0 Å². The van der Waals surface area contributed by atoms with Crippen LogP contribution < -0.4 is 0 Å². The summed E-state index contributed by atoms with van der Waals surface area (Å²) in [7, 11) is 1.68. The lowest BCUT2D eigenvalue weighted by Crippen LogP contribution is -2.59. The van der Waals surface area contributed by atoms with Gasteiger partial charge in [0.2, 0.25) is 5.91 Å². The Balaban J connectivity index is 1.68. The van der Waals surface area contributed by atoms with Crippen LogP contribution in [0.4, 0.5) is 0 Å². The summed E-state index contributed by atoms with van der Waals surface area (Å²) in [6.45, 7) is 2.02. The van der Waals surface area contributed by atoms with Crippen molar-refractivity contribution in [2.75, 3.05) is 26.8 Å². The second kappa shape index (κ2) is 5.30. The smallest absolute Gasteiger partial charge is 0.231 e. The van der Waals surface area contributed by atoms with E-state index >= 15 is 0 Å². The van der Waals surface area contributed by atoms with Gasteiger partial charge in [-0.15, -0.1) is 0 Å². The van der Waals surface area contributed by atoms with E-state index in [1.54, 1.807) is 7.11 Å². The van der Waals surface area contributed by atoms with Crippen LogP contribution in [0.1, 0.15) is 51.4 Å². The molecule has 0 aromatic rings. The first-order chi connectivity index (χ1) is 9.60. The van der Waals surface area contributed by atoms with Crippen LogP contribution in [0, 0.1) is 11.3 Å². The van der Waals surface area contributed by atoms with Crippen LogP contribution in [-0.4, -0.2) is 48.3 Å². The summed E-state index contributed by atoms with van der Waals surface area (Å²) in [6.07, 6.45) is 8.13. The van der Waals surface area contributed by atoms with Crippen molar-refractivity contribution in [3.05, 3.63) is 0 Å². The maximum atomic E-state index is 12.8. The molecule has 0 spiro atoms. The Morgan fingerprint density at radius 2 is 2.05 bits per heavy atom. The van der Waals surface area contributed by atoms with Crippen molar-refractivity contribution < 1.29 is 14.6 Å². The minimum Gasteiger partial charge on any atom is -0.389 e. The molecule has 0 aromatic carbocycles. The van der Waals surface area contributed by atoms with Gasteiger partial charge < -0.3 is 14.7 Å². The molecule has 3 fully saturated rings. The lowest BCUT2D eigenvalue weighted by atomic mass is 9.66. The molecule has 1 amide bonds. The zero-order valence-corrected chi connectivity index (χ0v) is 12.6. The standard InChI is InChI=1S/C16H27NO3/c1-20-12-15(6-4-7-15)14(18)17-10-9-16(19)8-3-2-5-13(16)11-17/h13,19H,2-12H2,1H3/t13-,16-/m0/s1. The van der Waals surface area contributed by atoms with Gasteiger partial charge in [0.15, 0.2) is 0 Å². The highest BCUT2D eigenvalue weighted by Gasteiger charge is 2.50. The van der Waals surface area contributed by atoms with Crippen molar-refractivity contribution in [3.8, 4) is 0 Å². The van der Waals surface area contributed by atoms with E-state index in [4.69, 9.17) is 4.74 Å². The molecule has 3 aliphatic rings. The monoisotopic (exact) mass is 281 g/mol. The quantitative estimate of drug-likeness (QED) is 0.860. The fourth-order valence-corrected chi connectivity index (χ4v) is 4.39. The summed E-state index contributed by atoms with van der Waals surface area (Å²) in [5.74, 6) is 0.562. The van der Waals surface area contributed by atoms with E-state index in [9.17, 15) is 9.90 Å². The number of hydrogen-bond acceptors (Lipinski definition) is 3. The number of aliphatic hydroxyl groups is 1. The Hall–Kier alpha value is -0.610. The third kappa shape index (κ3) is 2.27. The molecule has 2 aliphatic carbocycles. The van der Waals surface area contributed by atoms with E-state index in [-0.39, 0.29) is 17.2 Å². The average Bonchev–Trinajstić information content (AvgIpc) is 2.41. The zero-order chi connectivity index (χ0) is 14.2. The number of nitrogens with zero attached hydrogens (tertiary/aromatic N) is 1. The predicted octanol–water partition coefficient (Wildman–Crippen LogP) is 1.96. The summed E-state index contributed by atoms with van der Waals surface area (Å²) in [5, 5.41) is 10.7. The second-order valence-corrected chi connectivity index (χ2v) is 7.11. The highest BCUT2D eigenvalue weighted by molar-refractivity contribution is 5.84. The largest absolute Gasteiger partial charge is 0.389 e. The highest BCUT2D eigenvalue weighted by atomic mass is 16.5. The molecule has 1 N–H and O–H groups in total. The first kappa shape index (κ1) is 14.3. The molecule has 114 valence electrons. The van der Waals surface area contributed by atoms with Crippen LogP contribution in [0.3, 0.4) is 0 Å². The molecule has 1 saturated heterocycles. The normalized spacial score (nSPS) is 36.1. The molecular weight excluding hydrogens is 254 g/mol. The maximum absolute atomic E-state index is 12.8. The van der Waals surface area contributed by atoms with Crippen LogP contribution in [0.25, 0.3) is 0 Å². The van der Waals surface area contributed by atoms with Gasteiger partial charge >= 0.3 is 0 Å². The molecule has 0 aromatic heterocycles. The minimum absolute atomic E-state index is 0.251. The van der Waals surface area contributed by atoms with Crippen molar-refractivity contribution in [1.29, 1.82) is 0 Å². The van der Waals surface area contributed by atoms with Gasteiger partial charge in [-0.3, -0.25) is 4.79 Å². The minimum atomic E-state index is -0.497. The van der Waals surface area contributed by atoms with Crippen molar-refractivity contribution >= 4 is 5.91 Å². The van der Waals surface area contributed by atoms with Crippen LogP contribution in [0.5, 0.6) is 0 Å². The topological polar surface area (TPSA) is 49.8 Å². The van der Waals surface area contributed by atoms with Crippen LogP contribution >= 0.6 is 0 Å². The Morgan fingerprint density at radius 3 is 2.70 bits per heavy atom. The van der Waals surface area contributed by atoms with Gasteiger partial charge in [-0.2, -0.15) is 0 Å². The average molecular weight is 281 g/mol. The molecule has 2 atom stereocenters. The number of methoxy groups -OCH3 is 1. The van der Waals surface area contributed by atoms with Gasteiger partial charge in [-0.25, -0.2) is 0 Å². The lowest BCUT2D eigenvalue weighted by molar-refractivity contribution is -0.162. The van der Waals surface area contributed by atoms with E-state index in [1.807, 2.05) is 4.90 Å². The number of amides is 1. The molecule has 1 aliphatic heterocycles. The number of likely N-dealkylation sites (tertiary alicyclic amines) is 1. The van der Waals surface area contributed by atoms with Gasteiger partial charge in [0.05, 0.1) is 17.6 Å². The molecule has 3 rings (SSSR count). The molecule has 0 bridgehead atoms. The fourth-order valence-electron chi connectivity index (χ4n) is 4.39. The molecule has 2 saturated carbocycles. The lowest BCUT2D eigenvalue weighted by Gasteiger charge is -2.50. The van der Waals surface area contributed by atoms with E-state index in [1.165, 1.54) is 6.42 Å². The summed E-state index contributed by atoms with van der Waals surface area (Å²) >= 11 is 0. The SMILES string of the molecule is COCC1(C(=O)N2CC[C@@]3(O)CCCC[C@H]3C2)CCC1. The summed E-state index contributed by atoms with van der Waals surface area (Å²) < 4.78 is 5.29. The van der Waals surface area contributed by atoms with E-state index in [2.05, 4.69) is 0 Å². The zero-order valence-electron chi connectivity index (χ0n) is 12.6. The van der Waals surface area contributed by atoms with Gasteiger partial charge in [0, 0.05) is 26.1 Å². The van der Waals surface area contributed by atoms with Gasteiger partial charge in [-0.1, -0.05) is 19.3 Å². The van der Waals surface area contributed by atoms with E-state index in [0.29, 0.717) is 6.61 Å². The summed E-state index contributed by atoms with van der Waals surface area (Å²) in [6, 6.07) is 0. The number of hydrogen-bond donors (Lipinski definition) is 1. The molecule has 1 heterocycles. The first-order valence-corrected chi connectivity index (χ1v) is 8.10. The number of carbonyl (C=O) groups is 1. The molecule has 0 radical (unpaired) electrons. The fraction of sp³-hybridized carbons (Fsp3) is 0.938. The second-order valence-electron chi connectivity index (χ2n) is 7.11. The van der Waals surface area contributed by atoms with Crippen molar-refractivity contribution in [2.45, 2.75) is 57.0 Å². The molecular formula is C16H27NO3. The Bertz CT molecular complexity index is 380. The van der Waals surface area contributed by atoms with Gasteiger partial charge in [-0.05, 0) is 32.1 Å². The van der Waals surface area contributed by atoms with Crippen molar-refractivity contribution in [2.24, 2.45) is 11.3 Å². The van der Waals surface area contributed by atoms with Crippen molar-refractivity contribution in [3.63, 3.8) is 0 Å². The molecule has 20 heavy (non-hydrogen) atoms. The van der Waals surface area contributed by atoms with Gasteiger partial charge in [0.25, 0.3) is 0 Å². The van der Waals surface area contributed by atoms with Crippen molar-refractivity contribution in [1.82, 2.24) is 4.90 Å². The Labute approximate surface area is 121 Å². The first-order valence-electron chi connectivity index (χ1n) is 8.10. The summed E-state index contributed by atoms with van der Waals surface area (Å²) in [5.41, 5.74) is -0.748. The number of rotatable bonds is 3. The van der Waals surface area contributed by atoms with E-state index < -0.39 is 5.60 Å². The van der Waals surface area contributed by atoms with Crippen LogP contribution in [0.15, 0.2) is 0 Å². The molecule has 0 unspecified atom stereocenters. The number of ether oxygens (including phenoxy) is 1. The number of fused-ring (bicyclic) bond motifs is 1. The predicted molar refractivity (Wildman–Crippen MR) is 76.3 cm³/mol. The third-order valence-corrected chi connectivity index (χ3v) is 5.90. The maximum Gasteiger partial charge on any atom is 0.231 e.